The highest BCUT2D eigenvalue weighted by Crippen LogP contribution is 2.27. The van der Waals surface area contributed by atoms with Gasteiger partial charge in [-0.3, -0.25) is 14.9 Å². The summed E-state index contributed by atoms with van der Waals surface area (Å²) in [7, 11) is 0. The molecule has 8 heteroatoms. The molecule has 0 radical (unpaired) electrons. The lowest BCUT2D eigenvalue weighted by Gasteiger charge is -2.01. The topological polar surface area (TPSA) is 81.2 Å². The zero-order valence-electron chi connectivity index (χ0n) is 14.3. The number of hydrogen-bond acceptors (Lipinski definition) is 7. The average Bonchev–Trinajstić information content (AvgIpc) is 3.25. The molecule has 0 atom stereocenters. The Morgan fingerprint density at radius 3 is 2.73 bits per heavy atom. The number of benzene rings is 1. The van der Waals surface area contributed by atoms with Gasteiger partial charge in [-0.15, -0.1) is 22.7 Å². The van der Waals surface area contributed by atoms with Crippen LogP contribution in [0, 0.1) is 6.92 Å². The Bertz CT molecular complexity index is 933. The molecule has 0 fully saturated rings. The highest BCUT2D eigenvalue weighted by Gasteiger charge is 2.15. The quantitative estimate of drug-likeness (QED) is 0.648. The minimum atomic E-state index is -0.335. The van der Waals surface area contributed by atoms with Crippen molar-refractivity contribution in [2.24, 2.45) is 0 Å². The Balaban J connectivity index is 1.67. The Labute approximate surface area is 158 Å². The van der Waals surface area contributed by atoms with E-state index < -0.39 is 0 Å². The molecule has 0 saturated heterocycles. The van der Waals surface area contributed by atoms with Gasteiger partial charge in [-0.1, -0.05) is 24.3 Å². The number of ether oxygens (including phenoxy) is 1. The number of carbonyl (C=O) groups excluding carboxylic acids is 2. The number of aryl methyl sites for hydroxylation is 1. The number of anilines is 1. The first-order chi connectivity index (χ1) is 12.6. The molecule has 1 amide bonds. The standard InChI is InChI=1S/C18H17N3O3S2/c1-3-24-15(22)8-12-9-26-18(19-12)21-16(23)14-10-25-17(20-14)13-7-5-4-6-11(13)2/h4-7,9-10H,3,8H2,1-2H3,(H,19,21,23). The van der Waals surface area contributed by atoms with Crippen LogP contribution in [0.3, 0.4) is 0 Å². The van der Waals surface area contributed by atoms with Gasteiger partial charge in [0, 0.05) is 16.3 Å². The van der Waals surface area contributed by atoms with Crippen molar-refractivity contribution in [3.05, 3.63) is 52.0 Å². The number of amides is 1. The number of nitrogens with one attached hydrogen (secondary N) is 1. The van der Waals surface area contributed by atoms with Gasteiger partial charge in [-0.25, -0.2) is 9.97 Å². The van der Waals surface area contributed by atoms with Crippen LogP contribution in [0.4, 0.5) is 5.13 Å². The van der Waals surface area contributed by atoms with Crippen molar-refractivity contribution in [2.45, 2.75) is 20.3 Å². The maximum atomic E-state index is 12.4. The van der Waals surface area contributed by atoms with E-state index >= 15 is 0 Å². The third-order valence-corrected chi connectivity index (χ3v) is 5.20. The number of thiazole rings is 2. The number of nitrogens with zero attached hydrogens (tertiary/aromatic N) is 2. The molecule has 26 heavy (non-hydrogen) atoms. The number of esters is 1. The van der Waals surface area contributed by atoms with Crippen LogP contribution < -0.4 is 5.32 Å². The summed E-state index contributed by atoms with van der Waals surface area (Å²) in [6, 6.07) is 7.91. The molecular weight excluding hydrogens is 370 g/mol. The average molecular weight is 387 g/mol. The molecule has 3 aromatic rings. The third kappa shape index (κ3) is 4.33. The van der Waals surface area contributed by atoms with Crippen molar-refractivity contribution >= 4 is 39.7 Å². The lowest BCUT2D eigenvalue weighted by Crippen LogP contribution is -2.12. The molecule has 6 nitrogen and oxygen atoms in total. The lowest BCUT2D eigenvalue weighted by atomic mass is 10.1. The Morgan fingerprint density at radius 1 is 1.15 bits per heavy atom. The van der Waals surface area contributed by atoms with Gasteiger partial charge in [0.05, 0.1) is 18.7 Å². The molecule has 3 rings (SSSR count). The zero-order chi connectivity index (χ0) is 18.5. The molecular formula is C18H17N3O3S2. The van der Waals surface area contributed by atoms with Gasteiger partial charge in [-0.05, 0) is 19.4 Å². The minimum absolute atomic E-state index is 0.0916. The van der Waals surface area contributed by atoms with Crippen LogP contribution in [0.2, 0.25) is 0 Å². The number of aromatic nitrogens is 2. The van der Waals surface area contributed by atoms with Gasteiger partial charge < -0.3 is 4.74 Å². The monoisotopic (exact) mass is 387 g/mol. The molecule has 0 spiro atoms. The fourth-order valence-corrected chi connectivity index (χ4v) is 3.88. The second kappa shape index (κ2) is 8.20. The smallest absolute Gasteiger partial charge is 0.311 e. The van der Waals surface area contributed by atoms with E-state index in [9.17, 15) is 9.59 Å². The molecule has 0 aliphatic heterocycles. The van der Waals surface area contributed by atoms with Gasteiger partial charge in [-0.2, -0.15) is 0 Å². The first kappa shape index (κ1) is 18.2. The fraction of sp³-hybridized carbons (Fsp3) is 0.222. The van der Waals surface area contributed by atoms with Crippen molar-refractivity contribution < 1.29 is 14.3 Å². The summed E-state index contributed by atoms with van der Waals surface area (Å²) in [6.45, 7) is 4.10. The highest BCUT2D eigenvalue weighted by molar-refractivity contribution is 7.14. The summed E-state index contributed by atoms with van der Waals surface area (Å²) >= 11 is 2.69. The third-order valence-electron chi connectivity index (χ3n) is 3.52. The molecule has 0 saturated carbocycles. The lowest BCUT2D eigenvalue weighted by molar-refractivity contribution is -0.142. The van der Waals surface area contributed by atoms with E-state index in [2.05, 4.69) is 15.3 Å². The van der Waals surface area contributed by atoms with Crippen LogP contribution in [0.5, 0.6) is 0 Å². The molecule has 0 unspecified atom stereocenters. The van der Waals surface area contributed by atoms with E-state index in [-0.39, 0.29) is 18.3 Å². The van der Waals surface area contributed by atoms with Crippen LogP contribution in [-0.4, -0.2) is 28.5 Å². The van der Waals surface area contributed by atoms with Crippen molar-refractivity contribution in [1.29, 1.82) is 0 Å². The molecule has 134 valence electrons. The SMILES string of the molecule is CCOC(=O)Cc1csc(NC(=O)c2csc(-c3ccccc3C)n2)n1. The molecule has 0 aliphatic rings. The van der Waals surface area contributed by atoms with Crippen LogP contribution in [0.1, 0.15) is 28.7 Å². The first-order valence-electron chi connectivity index (χ1n) is 7.99. The van der Waals surface area contributed by atoms with E-state index in [1.54, 1.807) is 17.7 Å². The van der Waals surface area contributed by atoms with Crippen LogP contribution in [-0.2, 0) is 16.0 Å². The first-order valence-corrected chi connectivity index (χ1v) is 9.75. The minimum Gasteiger partial charge on any atom is -0.466 e. The van der Waals surface area contributed by atoms with E-state index in [1.807, 2.05) is 31.2 Å². The Kier molecular flexibility index (Phi) is 5.75. The van der Waals surface area contributed by atoms with Gasteiger partial charge in [0.15, 0.2) is 5.13 Å². The van der Waals surface area contributed by atoms with E-state index in [1.165, 1.54) is 22.7 Å². The van der Waals surface area contributed by atoms with Crippen LogP contribution >= 0.6 is 22.7 Å². The number of carbonyl (C=O) groups is 2. The van der Waals surface area contributed by atoms with Crippen molar-refractivity contribution in [2.75, 3.05) is 11.9 Å². The number of rotatable bonds is 6. The van der Waals surface area contributed by atoms with Gasteiger partial charge in [0.2, 0.25) is 0 Å². The molecule has 1 N–H and O–H groups in total. The largest absolute Gasteiger partial charge is 0.466 e. The van der Waals surface area contributed by atoms with Crippen molar-refractivity contribution in [1.82, 2.24) is 9.97 Å². The predicted molar refractivity (Wildman–Crippen MR) is 103 cm³/mol. The van der Waals surface area contributed by atoms with Crippen molar-refractivity contribution in [3.63, 3.8) is 0 Å². The molecule has 0 aliphatic carbocycles. The Hall–Kier alpha value is -2.58. The summed E-state index contributed by atoms with van der Waals surface area (Å²) in [5.74, 6) is -0.656. The second-order valence-electron chi connectivity index (χ2n) is 5.43. The maximum absolute atomic E-state index is 12.4. The van der Waals surface area contributed by atoms with Gasteiger partial charge >= 0.3 is 5.97 Å². The normalized spacial score (nSPS) is 10.5. The molecule has 0 bridgehead atoms. The van der Waals surface area contributed by atoms with Gasteiger partial charge in [0.1, 0.15) is 10.7 Å². The molecule has 2 aromatic heterocycles. The Morgan fingerprint density at radius 2 is 1.96 bits per heavy atom. The van der Waals surface area contributed by atoms with Crippen LogP contribution in [0.25, 0.3) is 10.6 Å². The predicted octanol–water partition coefficient (Wildman–Crippen LogP) is 3.93. The van der Waals surface area contributed by atoms with Crippen LogP contribution in [0.15, 0.2) is 35.0 Å². The van der Waals surface area contributed by atoms with E-state index in [0.29, 0.717) is 23.1 Å². The summed E-state index contributed by atoms with van der Waals surface area (Å²) in [5.41, 5.74) is 3.04. The second-order valence-corrected chi connectivity index (χ2v) is 7.15. The highest BCUT2D eigenvalue weighted by atomic mass is 32.1. The summed E-state index contributed by atoms with van der Waals surface area (Å²) in [5, 5.41) is 7.41. The van der Waals surface area contributed by atoms with E-state index in [0.717, 1.165) is 16.1 Å². The summed E-state index contributed by atoms with van der Waals surface area (Å²) in [6.07, 6.45) is 0.0916. The summed E-state index contributed by atoms with van der Waals surface area (Å²) < 4.78 is 4.89. The maximum Gasteiger partial charge on any atom is 0.311 e. The zero-order valence-corrected chi connectivity index (χ0v) is 15.9. The molecule has 2 heterocycles. The number of hydrogen-bond donors (Lipinski definition) is 1. The molecule has 1 aromatic carbocycles. The van der Waals surface area contributed by atoms with E-state index in [4.69, 9.17) is 4.74 Å². The van der Waals surface area contributed by atoms with Gasteiger partial charge in [0.25, 0.3) is 5.91 Å². The van der Waals surface area contributed by atoms with Crippen molar-refractivity contribution in [3.8, 4) is 10.6 Å². The summed E-state index contributed by atoms with van der Waals surface area (Å²) in [4.78, 5) is 32.5. The fourth-order valence-electron chi connectivity index (χ4n) is 2.28.